The average molecular weight is 385 g/mol. The summed E-state index contributed by atoms with van der Waals surface area (Å²) < 4.78 is 14.0. The van der Waals surface area contributed by atoms with E-state index in [1.165, 1.54) is 31.7 Å². The molecular formula is C21H28FN5O. The van der Waals surface area contributed by atoms with Gasteiger partial charge in [-0.3, -0.25) is 9.69 Å². The summed E-state index contributed by atoms with van der Waals surface area (Å²) >= 11 is 0. The van der Waals surface area contributed by atoms with Crippen molar-refractivity contribution in [2.24, 2.45) is 0 Å². The average Bonchev–Trinajstić information content (AvgIpc) is 2.74. The third kappa shape index (κ3) is 3.94. The van der Waals surface area contributed by atoms with Crippen LogP contribution in [0, 0.1) is 5.82 Å². The number of halogens is 1. The maximum absolute atomic E-state index is 14.0. The number of fused-ring (bicyclic) bond motifs is 1. The lowest BCUT2D eigenvalue weighted by molar-refractivity contribution is -0.133. The zero-order valence-corrected chi connectivity index (χ0v) is 16.5. The van der Waals surface area contributed by atoms with Gasteiger partial charge in [-0.15, -0.1) is 0 Å². The fourth-order valence-electron chi connectivity index (χ4n) is 4.38. The Morgan fingerprint density at radius 1 is 1.14 bits per heavy atom. The lowest BCUT2D eigenvalue weighted by Crippen LogP contribution is -2.51. The highest BCUT2D eigenvalue weighted by atomic mass is 19.1. The van der Waals surface area contributed by atoms with Gasteiger partial charge in [-0.05, 0) is 25.0 Å². The minimum atomic E-state index is -0.323. The van der Waals surface area contributed by atoms with E-state index >= 15 is 0 Å². The van der Waals surface area contributed by atoms with E-state index in [0.29, 0.717) is 18.1 Å². The summed E-state index contributed by atoms with van der Waals surface area (Å²) in [6.45, 7) is 3.60. The van der Waals surface area contributed by atoms with E-state index in [1.807, 2.05) is 18.0 Å². The van der Waals surface area contributed by atoms with Gasteiger partial charge in [-0.25, -0.2) is 14.4 Å². The second kappa shape index (κ2) is 8.39. The minimum Gasteiger partial charge on any atom is -0.353 e. The van der Waals surface area contributed by atoms with Crippen LogP contribution in [0.15, 0.2) is 24.5 Å². The van der Waals surface area contributed by atoms with Crippen LogP contribution in [0.1, 0.15) is 32.1 Å². The van der Waals surface area contributed by atoms with Gasteiger partial charge in [0.05, 0.1) is 6.54 Å². The Kier molecular flexibility index (Phi) is 5.71. The first-order chi connectivity index (χ1) is 13.6. The molecule has 0 spiro atoms. The van der Waals surface area contributed by atoms with Crippen LogP contribution in [-0.4, -0.2) is 71.5 Å². The number of piperazine rings is 1. The first kappa shape index (κ1) is 19.1. The van der Waals surface area contributed by atoms with Crippen molar-refractivity contribution in [2.75, 3.05) is 44.7 Å². The summed E-state index contributed by atoms with van der Waals surface area (Å²) in [4.78, 5) is 27.5. The zero-order valence-electron chi connectivity index (χ0n) is 16.5. The first-order valence-corrected chi connectivity index (χ1v) is 10.3. The highest BCUT2D eigenvalue weighted by molar-refractivity contribution is 5.89. The Morgan fingerprint density at radius 2 is 1.89 bits per heavy atom. The Morgan fingerprint density at radius 3 is 2.64 bits per heavy atom. The molecule has 0 atom stereocenters. The molecule has 150 valence electrons. The van der Waals surface area contributed by atoms with Crippen molar-refractivity contribution in [1.29, 1.82) is 0 Å². The van der Waals surface area contributed by atoms with Gasteiger partial charge >= 0.3 is 0 Å². The molecule has 28 heavy (non-hydrogen) atoms. The molecule has 1 saturated carbocycles. The summed E-state index contributed by atoms with van der Waals surface area (Å²) in [7, 11) is 1.95. The lowest BCUT2D eigenvalue weighted by atomic mass is 9.94. The van der Waals surface area contributed by atoms with Crippen molar-refractivity contribution in [2.45, 2.75) is 38.1 Å². The molecule has 2 fully saturated rings. The van der Waals surface area contributed by atoms with Crippen LogP contribution < -0.4 is 4.90 Å². The summed E-state index contributed by atoms with van der Waals surface area (Å²) in [5.41, 5.74) is 0.360. The van der Waals surface area contributed by atoms with E-state index in [-0.39, 0.29) is 11.7 Å². The number of hydrogen-bond acceptors (Lipinski definition) is 5. The number of amides is 1. The third-order valence-electron chi connectivity index (χ3n) is 6.14. The molecule has 2 heterocycles. The minimum absolute atomic E-state index is 0.218. The van der Waals surface area contributed by atoms with Crippen LogP contribution in [-0.2, 0) is 4.79 Å². The second-order valence-electron chi connectivity index (χ2n) is 7.89. The molecule has 2 aromatic rings. The molecule has 0 unspecified atom stereocenters. The van der Waals surface area contributed by atoms with Gasteiger partial charge < -0.3 is 9.80 Å². The summed E-state index contributed by atoms with van der Waals surface area (Å²) in [6.07, 6.45) is 7.45. The maximum Gasteiger partial charge on any atom is 0.236 e. The molecule has 1 amide bonds. The molecule has 1 aliphatic heterocycles. The van der Waals surface area contributed by atoms with Crippen molar-refractivity contribution in [3.05, 3.63) is 30.3 Å². The molecule has 2 aliphatic rings. The van der Waals surface area contributed by atoms with E-state index in [4.69, 9.17) is 0 Å². The summed E-state index contributed by atoms with van der Waals surface area (Å²) in [5.74, 6) is 0.667. The van der Waals surface area contributed by atoms with Gasteiger partial charge in [-0.1, -0.05) is 25.3 Å². The zero-order chi connectivity index (χ0) is 19.5. The van der Waals surface area contributed by atoms with Crippen LogP contribution in [0.4, 0.5) is 10.2 Å². The number of nitrogens with zero attached hydrogens (tertiary/aromatic N) is 5. The molecule has 0 radical (unpaired) electrons. The Bertz CT molecular complexity index is 831. The number of aromatic nitrogens is 2. The van der Waals surface area contributed by atoms with Gasteiger partial charge in [0.25, 0.3) is 0 Å². The SMILES string of the molecule is CN(C(=O)CN1CCN(c2ncnc3c(F)cccc23)CC1)C1CCCCC1. The Labute approximate surface area is 165 Å². The van der Waals surface area contributed by atoms with Crippen LogP contribution in [0.25, 0.3) is 10.9 Å². The molecule has 0 bridgehead atoms. The highest BCUT2D eigenvalue weighted by Crippen LogP contribution is 2.25. The summed E-state index contributed by atoms with van der Waals surface area (Å²) in [6, 6.07) is 5.39. The quantitative estimate of drug-likeness (QED) is 0.810. The molecule has 7 heteroatoms. The lowest BCUT2D eigenvalue weighted by Gasteiger charge is -2.37. The molecule has 4 rings (SSSR count). The van der Waals surface area contributed by atoms with E-state index < -0.39 is 0 Å². The maximum atomic E-state index is 14.0. The van der Waals surface area contributed by atoms with Crippen molar-refractivity contribution in [1.82, 2.24) is 19.8 Å². The number of carbonyl (C=O) groups excluding carboxylic acids is 1. The molecule has 6 nitrogen and oxygen atoms in total. The van der Waals surface area contributed by atoms with Crippen LogP contribution >= 0.6 is 0 Å². The number of benzene rings is 1. The van der Waals surface area contributed by atoms with Crippen molar-refractivity contribution in [3.63, 3.8) is 0 Å². The van der Waals surface area contributed by atoms with Gasteiger partial charge in [0.2, 0.25) is 5.91 Å². The standard InChI is InChI=1S/C21H28FN5O/c1-25(16-6-3-2-4-7-16)19(28)14-26-10-12-27(13-11-26)21-17-8-5-9-18(22)20(17)23-15-24-21/h5,8-9,15-16H,2-4,6-7,10-14H2,1H3. The molecular weight excluding hydrogens is 357 g/mol. The van der Waals surface area contributed by atoms with Crippen molar-refractivity contribution in [3.8, 4) is 0 Å². The van der Waals surface area contributed by atoms with Crippen LogP contribution in [0.2, 0.25) is 0 Å². The predicted molar refractivity (Wildman–Crippen MR) is 108 cm³/mol. The van der Waals surface area contributed by atoms with Gasteiger partial charge in [0.15, 0.2) is 0 Å². The largest absolute Gasteiger partial charge is 0.353 e. The monoisotopic (exact) mass is 385 g/mol. The van der Waals surface area contributed by atoms with Gasteiger partial charge in [0, 0.05) is 44.7 Å². The Hall–Kier alpha value is -2.28. The number of anilines is 1. The summed E-state index contributed by atoms with van der Waals surface area (Å²) in [5, 5.41) is 0.740. The van der Waals surface area contributed by atoms with Crippen LogP contribution in [0.5, 0.6) is 0 Å². The van der Waals surface area contributed by atoms with Crippen molar-refractivity contribution < 1.29 is 9.18 Å². The third-order valence-corrected chi connectivity index (χ3v) is 6.14. The topological polar surface area (TPSA) is 52.6 Å². The van der Waals surface area contributed by atoms with Crippen molar-refractivity contribution >= 4 is 22.6 Å². The molecule has 1 aliphatic carbocycles. The second-order valence-corrected chi connectivity index (χ2v) is 7.89. The van der Waals surface area contributed by atoms with E-state index in [9.17, 15) is 9.18 Å². The molecule has 1 aromatic carbocycles. The van der Waals surface area contributed by atoms with Gasteiger partial charge in [-0.2, -0.15) is 0 Å². The first-order valence-electron chi connectivity index (χ1n) is 10.3. The molecule has 1 aromatic heterocycles. The highest BCUT2D eigenvalue weighted by Gasteiger charge is 2.26. The number of para-hydroxylation sites is 1. The number of rotatable bonds is 4. The van der Waals surface area contributed by atoms with E-state index in [2.05, 4.69) is 19.8 Å². The van der Waals surface area contributed by atoms with E-state index in [0.717, 1.165) is 50.2 Å². The predicted octanol–water partition coefficient (Wildman–Crippen LogP) is 2.68. The number of likely N-dealkylation sites (N-methyl/N-ethyl adjacent to an activating group) is 1. The van der Waals surface area contributed by atoms with E-state index in [1.54, 1.807) is 6.07 Å². The number of hydrogen-bond donors (Lipinski definition) is 0. The van der Waals surface area contributed by atoms with Gasteiger partial charge in [0.1, 0.15) is 23.5 Å². The number of carbonyl (C=O) groups is 1. The normalized spacial score (nSPS) is 19.1. The fraction of sp³-hybridized carbons (Fsp3) is 0.571. The fourth-order valence-corrected chi connectivity index (χ4v) is 4.38. The molecule has 1 saturated heterocycles. The molecule has 0 N–H and O–H groups in total. The smallest absolute Gasteiger partial charge is 0.236 e. The Balaban J connectivity index is 1.36. The van der Waals surface area contributed by atoms with Crippen LogP contribution in [0.3, 0.4) is 0 Å².